The quantitative estimate of drug-likeness (QED) is 0.305. The Kier molecular flexibility index (Phi) is 6.38. The maximum Gasteiger partial charge on any atom is 0.247 e. The summed E-state index contributed by atoms with van der Waals surface area (Å²) < 4.78 is 12.7. The third-order valence-electron chi connectivity index (χ3n) is 4.24. The molecule has 0 saturated heterocycles. The average molecular weight is 526 g/mol. The van der Waals surface area contributed by atoms with Gasteiger partial charge in [0.25, 0.3) is 0 Å². The molecule has 0 radical (unpaired) electrons. The lowest BCUT2D eigenvalue weighted by Gasteiger charge is -2.22. The van der Waals surface area contributed by atoms with Crippen molar-refractivity contribution in [2.75, 3.05) is 18.2 Å². The minimum atomic E-state index is -0.675. The van der Waals surface area contributed by atoms with E-state index in [1.54, 1.807) is 25.3 Å². The molecule has 0 amide bonds. The molecule has 2 heterocycles. The first kappa shape index (κ1) is 21.2. The number of benzene rings is 2. The molecule has 2 aromatic carbocycles. The van der Waals surface area contributed by atoms with Crippen molar-refractivity contribution >= 4 is 56.6 Å². The molecule has 0 bridgehead atoms. The summed E-state index contributed by atoms with van der Waals surface area (Å²) in [7, 11) is 1.54. The molecule has 0 saturated carbocycles. The largest absolute Gasteiger partial charge is 0.495 e. The number of aromatic nitrogens is 3. The molecular weight excluding hydrogens is 511 g/mol. The van der Waals surface area contributed by atoms with Crippen molar-refractivity contribution < 1.29 is 9.47 Å². The molecule has 10 heteroatoms. The Labute approximate surface area is 196 Å². The van der Waals surface area contributed by atoms with Crippen LogP contribution in [0.2, 0.25) is 10.0 Å². The van der Waals surface area contributed by atoms with E-state index >= 15 is 0 Å². The van der Waals surface area contributed by atoms with Gasteiger partial charge < -0.3 is 14.8 Å². The summed E-state index contributed by atoms with van der Waals surface area (Å²) in [4.78, 5) is 4.57. The zero-order valence-corrected chi connectivity index (χ0v) is 19.6. The van der Waals surface area contributed by atoms with E-state index in [-0.39, 0.29) is 0 Å². The van der Waals surface area contributed by atoms with Crippen LogP contribution in [0.1, 0.15) is 11.8 Å². The van der Waals surface area contributed by atoms with Gasteiger partial charge in [-0.25, -0.2) is 0 Å². The predicted octanol–water partition coefficient (Wildman–Crippen LogP) is 6.40. The molecule has 6 nitrogen and oxygen atoms in total. The fourth-order valence-electron chi connectivity index (χ4n) is 3.00. The van der Waals surface area contributed by atoms with Crippen LogP contribution in [-0.2, 0) is 0 Å². The first-order valence-corrected chi connectivity index (χ1v) is 11.3. The lowest BCUT2D eigenvalue weighted by molar-refractivity contribution is 0.220. The van der Waals surface area contributed by atoms with Gasteiger partial charge >= 0.3 is 0 Å². The maximum atomic E-state index is 6.35. The summed E-state index contributed by atoms with van der Waals surface area (Å²) in [5.74, 6) is 1.45. The Morgan fingerprint density at radius 1 is 1.30 bits per heavy atom. The number of ether oxygens (including phenoxy) is 2. The Morgan fingerprint density at radius 3 is 2.90 bits per heavy atom. The second kappa shape index (κ2) is 9.01. The van der Waals surface area contributed by atoms with Gasteiger partial charge in [0, 0.05) is 26.5 Å². The van der Waals surface area contributed by atoms with Gasteiger partial charge in [-0.1, -0.05) is 57.0 Å². The van der Waals surface area contributed by atoms with Crippen LogP contribution in [0, 0.1) is 0 Å². The third kappa shape index (κ3) is 4.23. The number of nitrogens with zero attached hydrogens (tertiary/aromatic N) is 3. The van der Waals surface area contributed by atoms with Crippen molar-refractivity contribution in [3.63, 3.8) is 0 Å². The van der Waals surface area contributed by atoms with Crippen molar-refractivity contribution in [1.82, 2.24) is 15.2 Å². The van der Waals surface area contributed by atoms with Gasteiger partial charge in [0.05, 0.1) is 17.7 Å². The van der Waals surface area contributed by atoms with Gasteiger partial charge in [0.2, 0.25) is 17.3 Å². The Morgan fingerprint density at radius 2 is 2.13 bits per heavy atom. The van der Waals surface area contributed by atoms with Crippen LogP contribution in [0.15, 0.2) is 52.6 Å². The fraction of sp³-hybridized carbons (Fsp3) is 0.150. The topological polar surface area (TPSA) is 69.2 Å². The molecule has 1 aliphatic heterocycles. The maximum absolute atomic E-state index is 6.35. The Hall–Kier alpha value is -2.00. The van der Waals surface area contributed by atoms with E-state index in [1.165, 1.54) is 11.8 Å². The fourth-order valence-corrected chi connectivity index (χ4v) is 4.46. The van der Waals surface area contributed by atoms with Crippen LogP contribution in [0.25, 0.3) is 11.3 Å². The van der Waals surface area contributed by atoms with E-state index in [0.717, 1.165) is 15.7 Å². The molecule has 1 N–H and O–H groups in total. The molecule has 1 aromatic heterocycles. The number of anilines is 1. The van der Waals surface area contributed by atoms with Gasteiger partial charge in [-0.3, -0.25) is 0 Å². The highest BCUT2D eigenvalue weighted by molar-refractivity contribution is 9.10. The summed E-state index contributed by atoms with van der Waals surface area (Å²) in [6.07, 6.45) is 1.10. The summed E-state index contributed by atoms with van der Waals surface area (Å²) >= 11 is 17.5. The molecule has 0 spiro atoms. The normalized spacial score (nSPS) is 14.6. The van der Waals surface area contributed by atoms with Crippen molar-refractivity contribution in [3.8, 4) is 22.9 Å². The second-order valence-corrected chi connectivity index (χ2v) is 8.94. The molecule has 0 aliphatic carbocycles. The molecule has 1 atom stereocenters. The number of methoxy groups -OCH3 is 1. The van der Waals surface area contributed by atoms with Gasteiger partial charge in [0.1, 0.15) is 5.75 Å². The number of thioether (sulfide) groups is 1. The van der Waals surface area contributed by atoms with E-state index in [4.69, 9.17) is 32.7 Å². The SMILES string of the molecule is C=CCSc1nnc2c(n1)O[C@@H](c1cc(Cl)cc(Cl)c1OC)Nc1ccc(Br)cc1-2. The molecule has 3 aromatic rings. The van der Waals surface area contributed by atoms with Crippen molar-refractivity contribution in [1.29, 1.82) is 0 Å². The Balaban J connectivity index is 1.88. The van der Waals surface area contributed by atoms with Crippen molar-refractivity contribution in [3.05, 3.63) is 63.1 Å². The lowest BCUT2D eigenvalue weighted by Crippen LogP contribution is -2.18. The van der Waals surface area contributed by atoms with E-state index in [0.29, 0.717) is 43.8 Å². The molecule has 1 aliphatic rings. The molecule has 0 fully saturated rings. The summed E-state index contributed by atoms with van der Waals surface area (Å²) in [5, 5.41) is 13.3. The van der Waals surface area contributed by atoms with Crippen LogP contribution in [0.4, 0.5) is 5.69 Å². The van der Waals surface area contributed by atoms with Gasteiger partial charge in [-0.2, -0.15) is 4.98 Å². The van der Waals surface area contributed by atoms with Crippen LogP contribution in [-0.4, -0.2) is 28.0 Å². The third-order valence-corrected chi connectivity index (χ3v) is 6.07. The standard InChI is InChI=1S/C20H15BrCl2N4O2S/c1-3-6-30-20-25-19-16(26-27-20)12-7-10(21)4-5-15(12)24-18(29-19)13-8-11(22)9-14(23)17(13)28-2/h3-5,7-9,18,24H,1,6H2,2H3/t18-/m0/s1. The number of hydrogen-bond acceptors (Lipinski definition) is 7. The molecule has 0 unspecified atom stereocenters. The highest BCUT2D eigenvalue weighted by Crippen LogP contribution is 2.44. The molecule has 30 heavy (non-hydrogen) atoms. The van der Waals surface area contributed by atoms with E-state index in [1.807, 2.05) is 18.2 Å². The number of hydrogen-bond donors (Lipinski definition) is 1. The highest BCUT2D eigenvalue weighted by atomic mass is 79.9. The molecule has 154 valence electrons. The van der Waals surface area contributed by atoms with Gasteiger partial charge in [0.15, 0.2) is 5.69 Å². The number of fused-ring (bicyclic) bond motifs is 3. The monoisotopic (exact) mass is 524 g/mol. The smallest absolute Gasteiger partial charge is 0.247 e. The van der Waals surface area contributed by atoms with Crippen LogP contribution in [0.5, 0.6) is 11.6 Å². The zero-order valence-electron chi connectivity index (χ0n) is 15.7. The minimum absolute atomic E-state index is 0.337. The zero-order chi connectivity index (χ0) is 21.3. The number of rotatable bonds is 5. The van der Waals surface area contributed by atoms with Gasteiger partial charge in [-0.15, -0.1) is 16.8 Å². The van der Waals surface area contributed by atoms with Crippen molar-refractivity contribution in [2.24, 2.45) is 0 Å². The van der Waals surface area contributed by atoms with Crippen molar-refractivity contribution in [2.45, 2.75) is 11.4 Å². The van der Waals surface area contributed by atoms with E-state index < -0.39 is 6.23 Å². The summed E-state index contributed by atoms with van der Waals surface area (Å²) in [5.41, 5.74) is 2.75. The number of nitrogens with one attached hydrogen (secondary N) is 1. The highest BCUT2D eigenvalue weighted by Gasteiger charge is 2.29. The van der Waals surface area contributed by atoms with E-state index in [9.17, 15) is 0 Å². The lowest BCUT2D eigenvalue weighted by atomic mass is 10.1. The first-order valence-electron chi connectivity index (χ1n) is 8.74. The second-order valence-electron chi connectivity index (χ2n) is 6.19. The summed E-state index contributed by atoms with van der Waals surface area (Å²) in [6, 6.07) is 9.14. The molecule has 4 rings (SSSR count). The molecular formula is C20H15BrCl2N4O2S. The predicted molar refractivity (Wildman–Crippen MR) is 124 cm³/mol. The van der Waals surface area contributed by atoms with Crippen LogP contribution < -0.4 is 14.8 Å². The Bertz CT molecular complexity index is 1130. The van der Waals surface area contributed by atoms with Gasteiger partial charge in [-0.05, 0) is 30.3 Å². The average Bonchev–Trinajstić information content (AvgIpc) is 2.88. The number of halogens is 3. The van der Waals surface area contributed by atoms with Crippen LogP contribution >= 0.6 is 50.9 Å². The minimum Gasteiger partial charge on any atom is -0.495 e. The summed E-state index contributed by atoms with van der Waals surface area (Å²) in [6.45, 7) is 3.72. The van der Waals surface area contributed by atoms with Crippen LogP contribution in [0.3, 0.4) is 0 Å². The first-order chi connectivity index (χ1) is 14.5. The van der Waals surface area contributed by atoms with E-state index in [2.05, 4.69) is 43.0 Å².